The predicted molar refractivity (Wildman–Crippen MR) is 133 cm³/mol. The van der Waals surface area contributed by atoms with Gasteiger partial charge in [-0.25, -0.2) is 0 Å². The van der Waals surface area contributed by atoms with E-state index < -0.39 is 0 Å². The average molecular weight is 447 g/mol. The van der Waals surface area contributed by atoms with E-state index in [1.807, 2.05) is 18.2 Å². The van der Waals surface area contributed by atoms with Crippen molar-refractivity contribution in [2.24, 2.45) is 0 Å². The van der Waals surface area contributed by atoms with Crippen LogP contribution in [0.25, 0.3) is 0 Å². The summed E-state index contributed by atoms with van der Waals surface area (Å²) in [5.74, 6) is 0.942. The number of piperazine rings is 1. The van der Waals surface area contributed by atoms with Gasteiger partial charge < -0.3 is 24.8 Å². The van der Waals surface area contributed by atoms with Crippen molar-refractivity contribution in [2.75, 3.05) is 69.0 Å². The SMILES string of the molecule is CCCNc1c(C(=O)N(C)C)cc(C)cc1N1CCN(c2ccccc2OC)CC1.Cl. The molecule has 1 saturated heterocycles. The van der Waals surface area contributed by atoms with Gasteiger partial charge in [-0.2, -0.15) is 0 Å². The van der Waals surface area contributed by atoms with Crippen molar-refractivity contribution >= 4 is 35.4 Å². The number of carbonyl (C=O) groups is 1. The zero-order valence-corrected chi connectivity index (χ0v) is 20.1. The maximum Gasteiger partial charge on any atom is 0.255 e. The highest BCUT2D eigenvalue weighted by molar-refractivity contribution is 6.02. The van der Waals surface area contributed by atoms with Crippen LogP contribution < -0.4 is 19.9 Å². The van der Waals surface area contributed by atoms with Gasteiger partial charge in [0.25, 0.3) is 5.91 Å². The summed E-state index contributed by atoms with van der Waals surface area (Å²) in [5.41, 5.74) is 5.05. The zero-order chi connectivity index (χ0) is 21.7. The lowest BCUT2D eigenvalue weighted by atomic mass is 10.0. The molecule has 0 bridgehead atoms. The van der Waals surface area contributed by atoms with E-state index in [4.69, 9.17) is 4.74 Å². The van der Waals surface area contributed by atoms with Crippen LogP contribution in [-0.2, 0) is 0 Å². The third kappa shape index (κ3) is 5.56. The predicted octanol–water partition coefficient (Wildman–Crippen LogP) is 4.28. The Morgan fingerprint density at radius 2 is 1.68 bits per heavy atom. The Kier molecular flexibility index (Phi) is 8.87. The van der Waals surface area contributed by atoms with Gasteiger partial charge in [0.2, 0.25) is 0 Å². The van der Waals surface area contributed by atoms with Crippen molar-refractivity contribution in [3.63, 3.8) is 0 Å². The number of hydrogen-bond acceptors (Lipinski definition) is 5. The minimum absolute atomic E-state index is 0. The van der Waals surface area contributed by atoms with Gasteiger partial charge >= 0.3 is 0 Å². The van der Waals surface area contributed by atoms with E-state index in [0.717, 1.165) is 73.1 Å². The summed E-state index contributed by atoms with van der Waals surface area (Å²) in [6, 6.07) is 12.4. The van der Waals surface area contributed by atoms with E-state index in [1.165, 1.54) is 0 Å². The Morgan fingerprint density at radius 3 is 2.26 bits per heavy atom. The van der Waals surface area contributed by atoms with E-state index in [1.54, 1.807) is 26.1 Å². The molecule has 1 aliphatic rings. The van der Waals surface area contributed by atoms with E-state index >= 15 is 0 Å². The molecule has 1 heterocycles. The molecule has 1 amide bonds. The summed E-state index contributed by atoms with van der Waals surface area (Å²) in [6.45, 7) is 8.61. The van der Waals surface area contributed by atoms with Crippen LogP contribution in [0.1, 0.15) is 29.3 Å². The summed E-state index contributed by atoms with van der Waals surface area (Å²) in [7, 11) is 5.33. The Balaban J connectivity index is 0.00000341. The van der Waals surface area contributed by atoms with Gasteiger partial charge in [-0.1, -0.05) is 19.1 Å². The monoisotopic (exact) mass is 446 g/mol. The summed E-state index contributed by atoms with van der Waals surface area (Å²) < 4.78 is 5.55. The summed E-state index contributed by atoms with van der Waals surface area (Å²) in [5, 5.41) is 3.53. The van der Waals surface area contributed by atoms with Crippen LogP contribution >= 0.6 is 12.4 Å². The third-order valence-electron chi connectivity index (χ3n) is 5.50. The first-order chi connectivity index (χ1) is 14.5. The topological polar surface area (TPSA) is 48.1 Å². The molecule has 3 rings (SSSR count). The number of nitrogens with zero attached hydrogens (tertiary/aromatic N) is 3. The van der Waals surface area contributed by atoms with Crippen LogP contribution in [0.2, 0.25) is 0 Å². The van der Waals surface area contributed by atoms with Gasteiger partial charge in [-0.3, -0.25) is 4.79 Å². The minimum atomic E-state index is 0. The van der Waals surface area contributed by atoms with Crippen molar-refractivity contribution in [3.8, 4) is 5.75 Å². The van der Waals surface area contributed by atoms with E-state index in [0.29, 0.717) is 0 Å². The standard InChI is InChI=1S/C24H34N4O2.ClH/c1-6-11-25-23-19(24(29)26(3)4)16-18(2)17-21(23)28-14-12-27(13-15-28)20-9-7-8-10-22(20)30-5;/h7-10,16-17,25H,6,11-15H2,1-5H3;1H. The van der Waals surface area contributed by atoms with Crippen molar-refractivity contribution < 1.29 is 9.53 Å². The van der Waals surface area contributed by atoms with Crippen LogP contribution in [0.15, 0.2) is 36.4 Å². The number of anilines is 3. The highest BCUT2D eigenvalue weighted by atomic mass is 35.5. The first-order valence-electron chi connectivity index (χ1n) is 10.7. The zero-order valence-electron chi connectivity index (χ0n) is 19.3. The Hall–Kier alpha value is -2.60. The molecule has 0 atom stereocenters. The average Bonchev–Trinajstić information content (AvgIpc) is 2.77. The number of benzene rings is 2. The number of ether oxygens (including phenoxy) is 1. The number of amides is 1. The molecule has 2 aromatic rings. The molecule has 0 spiro atoms. The molecule has 0 unspecified atom stereocenters. The van der Waals surface area contributed by atoms with Crippen molar-refractivity contribution in [2.45, 2.75) is 20.3 Å². The molecule has 2 aromatic carbocycles. The van der Waals surface area contributed by atoms with Gasteiger partial charge in [0.1, 0.15) is 5.75 Å². The summed E-state index contributed by atoms with van der Waals surface area (Å²) in [6.07, 6.45) is 1.00. The normalized spacial score (nSPS) is 13.5. The smallest absolute Gasteiger partial charge is 0.255 e. The third-order valence-corrected chi connectivity index (χ3v) is 5.50. The second-order valence-electron chi connectivity index (χ2n) is 7.98. The van der Waals surface area contributed by atoms with Gasteiger partial charge in [0, 0.05) is 46.8 Å². The molecule has 0 saturated carbocycles. The van der Waals surface area contributed by atoms with Crippen molar-refractivity contribution in [3.05, 3.63) is 47.5 Å². The quantitative estimate of drug-likeness (QED) is 0.688. The van der Waals surface area contributed by atoms with E-state index in [-0.39, 0.29) is 18.3 Å². The molecule has 170 valence electrons. The molecule has 1 fully saturated rings. The maximum absolute atomic E-state index is 12.9. The second-order valence-corrected chi connectivity index (χ2v) is 7.98. The number of nitrogens with one attached hydrogen (secondary N) is 1. The lowest BCUT2D eigenvalue weighted by Gasteiger charge is -2.39. The van der Waals surface area contributed by atoms with Gasteiger partial charge in [-0.15, -0.1) is 12.4 Å². The molecule has 1 aliphatic heterocycles. The second kappa shape index (κ2) is 11.1. The highest BCUT2D eigenvalue weighted by Gasteiger charge is 2.25. The van der Waals surface area contributed by atoms with Crippen LogP contribution in [0.5, 0.6) is 5.75 Å². The first kappa shape index (κ1) is 24.7. The highest BCUT2D eigenvalue weighted by Crippen LogP contribution is 2.34. The molecule has 31 heavy (non-hydrogen) atoms. The summed E-state index contributed by atoms with van der Waals surface area (Å²) in [4.78, 5) is 19.3. The molecule has 6 nitrogen and oxygen atoms in total. The molecule has 7 heteroatoms. The molecule has 1 N–H and O–H groups in total. The summed E-state index contributed by atoms with van der Waals surface area (Å²) >= 11 is 0. The molecular formula is C24H35ClN4O2. The number of para-hydroxylation sites is 2. The number of hydrogen-bond donors (Lipinski definition) is 1. The van der Waals surface area contributed by atoms with Crippen LogP contribution in [0.4, 0.5) is 17.1 Å². The Morgan fingerprint density at radius 1 is 1.06 bits per heavy atom. The molecule has 0 radical (unpaired) electrons. The Labute approximate surface area is 192 Å². The van der Waals surface area contributed by atoms with E-state index in [9.17, 15) is 4.79 Å². The van der Waals surface area contributed by atoms with Crippen LogP contribution in [0.3, 0.4) is 0 Å². The van der Waals surface area contributed by atoms with Gasteiger partial charge in [0.05, 0.1) is 29.7 Å². The minimum Gasteiger partial charge on any atom is -0.495 e. The lowest BCUT2D eigenvalue weighted by molar-refractivity contribution is 0.0828. The van der Waals surface area contributed by atoms with Crippen molar-refractivity contribution in [1.82, 2.24) is 4.90 Å². The van der Waals surface area contributed by atoms with Gasteiger partial charge in [-0.05, 0) is 43.2 Å². The lowest BCUT2D eigenvalue weighted by Crippen LogP contribution is -2.47. The number of methoxy groups -OCH3 is 1. The van der Waals surface area contributed by atoms with Crippen LogP contribution in [0, 0.1) is 6.92 Å². The number of aryl methyl sites for hydroxylation is 1. The molecule has 0 aliphatic carbocycles. The first-order valence-corrected chi connectivity index (χ1v) is 10.7. The largest absolute Gasteiger partial charge is 0.495 e. The maximum atomic E-state index is 12.9. The van der Waals surface area contributed by atoms with Crippen molar-refractivity contribution in [1.29, 1.82) is 0 Å². The number of carbonyl (C=O) groups excluding carboxylic acids is 1. The van der Waals surface area contributed by atoms with Crippen LogP contribution in [-0.4, -0.2) is 64.7 Å². The number of halogens is 1. The van der Waals surface area contributed by atoms with E-state index in [2.05, 4.69) is 47.2 Å². The fourth-order valence-corrected chi connectivity index (χ4v) is 3.94. The Bertz CT molecular complexity index is 880. The molecular weight excluding hydrogens is 412 g/mol. The fourth-order valence-electron chi connectivity index (χ4n) is 3.94. The molecule has 0 aromatic heterocycles. The number of rotatable bonds is 7. The fraction of sp³-hybridized carbons (Fsp3) is 0.458. The van der Waals surface area contributed by atoms with Gasteiger partial charge in [0.15, 0.2) is 0 Å².